The largest absolute Gasteiger partial charge is 0.490 e. The molecule has 0 spiro atoms. The molecule has 37 nitrogen and oxygen atoms in total. The molecule has 0 aromatic carbocycles. The molecule has 0 aliphatic carbocycles. The zero-order chi connectivity index (χ0) is 56.1. The average molecular weight is 1190 g/mol. The van der Waals surface area contributed by atoms with Crippen LogP contribution >= 0.6 is 31.3 Å². The number of aliphatic hydroxyl groups is 3. The van der Waals surface area contributed by atoms with Crippen LogP contribution in [-0.4, -0.2) is 167 Å². The molecule has 16 atom stereocenters. The van der Waals surface area contributed by atoms with Gasteiger partial charge in [0.05, 0.1) is 45.9 Å². The third-order valence-corrected chi connectivity index (χ3v) is 17.1. The predicted molar refractivity (Wildman–Crippen MR) is 242 cm³/mol. The number of nitrogens with zero attached hydrogens (tertiary/aromatic N) is 8. The van der Waals surface area contributed by atoms with Gasteiger partial charge in [0, 0.05) is 25.3 Å². The molecule has 3 saturated heterocycles. The first-order valence-electron chi connectivity index (χ1n) is 21.9. The van der Waals surface area contributed by atoms with Gasteiger partial charge >= 0.3 is 49.2 Å². The lowest BCUT2D eigenvalue weighted by molar-refractivity contribution is -0.745. The first-order chi connectivity index (χ1) is 36.1. The zero-order valence-corrected chi connectivity index (χ0v) is 42.8. The normalized spacial score (nSPS) is 30.0. The first kappa shape index (κ1) is 58.4. The van der Waals surface area contributed by atoms with Gasteiger partial charge in [-0.3, -0.25) is 51.4 Å². The number of nitrogens with one attached hydrogen (secondary N) is 2. The number of phosphoric acid groups is 4. The summed E-state index contributed by atoms with van der Waals surface area (Å²) >= 11 is 0. The highest BCUT2D eigenvalue weighted by Crippen LogP contribution is 2.68. The third-order valence-electron chi connectivity index (χ3n) is 11.8. The molecule has 43 heteroatoms. The molecule has 8 rings (SSSR count). The topological polar surface area (TPSA) is 516 Å². The van der Waals surface area contributed by atoms with Gasteiger partial charge in [-0.25, -0.2) is 42.6 Å². The number of aryl methyl sites for hydroxylation is 1. The fourth-order valence-corrected chi connectivity index (χ4v) is 13.0. The van der Waals surface area contributed by atoms with Gasteiger partial charge in [-0.1, -0.05) is 4.98 Å². The van der Waals surface area contributed by atoms with E-state index < -0.39 is 161 Å². The summed E-state index contributed by atoms with van der Waals surface area (Å²) in [5.41, 5.74) is 8.90. The standard InChI is InChI=1S/C34H46F2N12O25P4/c1-45-12-48(27-19(45)28(53)44-33(38)43-27)29-20(50)13(4-6-64-32(35)36)14(68-29)7-66-75(57,58)72-77(61,62)73-76(59,60)67-9-16-23(24(63-2)31(70-16)47-11-41-18-25(37)39-10-40-26(18)47)71-74(55,56)65-8-15-21(51)22(52)30(69-15)46-5-3-17(49)42-34(46)54/h3,5,10-16,20-24,29-32,50-52H,4,6-9H2,1-2H3,(H9-,37,38,39,40,42,43,44,49,53,54,55,56,57,58,59,60,61,62)/p+1/t13-,14-,15-,16-,20-,21-,22-,23-,24-,29-,30-,31-/m1/s1. The number of alkyl halides is 2. The van der Waals surface area contributed by atoms with Crippen molar-refractivity contribution in [2.45, 2.75) is 80.5 Å². The second-order valence-electron chi connectivity index (χ2n) is 16.8. The Balaban J connectivity index is 0.945. The number of phosphoric ester groups is 3. The molecule has 3 aliphatic rings. The number of anilines is 2. The minimum absolute atomic E-state index is 0.0169. The number of ether oxygens (including phenoxy) is 5. The van der Waals surface area contributed by atoms with Crippen LogP contribution in [0, 0.1) is 5.92 Å². The van der Waals surface area contributed by atoms with Crippen molar-refractivity contribution in [3.05, 3.63) is 62.4 Å². The van der Waals surface area contributed by atoms with E-state index in [0.717, 1.165) is 41.2 Å². The molecule has 3 aliphatic heterocycles. The van der Waals surface area contributed by atoms with Crippen molar-refractivity contribution in [2.75, 3.05) is 45.0 Å². The van der Waals surface area contributed by atoms with Crippen molar-refractivity contribution in [3.63, 3.8) is 0 Å². The summed E-state index contributed by atoms with van der Waals surface area (Å²) in [6.45, 7) is -7.42. The van der Waals surface area contributed by atoms with Crippen LogP contribution < -0.4 is 32.8 Å². The van der Waals surface area contributed by atoms with E-state index >= 15 is 0 Å². The van der Waals surface area contributed by atoms with Gasteiger partial charge < -0.3 is 70.0 Å². The zero-order valence-electron chi connectivity index (χ0n) is 39.2. The van der Waals surface area contributed by atoms with Gasteiger partial charge in [0.15, 0.2) is 30.2 Å². The number of methoxy groups -OCH3 is 1. The number of imidazole rings is 2. The quantitative estimate of drug-likeness (QED) is 0.0229. The molecule has 13 N–H and O–H groups in total. The number of nitrogens with two attached hydrogens (primary N) is 2. The number of hydrogen-bond donors (Lipinski definition) is 11. The van der Waals surface area contributed by atoms with E-state index in [0.29, 0.717) is 0 Å². The molecule has 0 bridgehead atoms. The Labute approximate surface area is 426 Å². The van der Waals surface area contributed by atoms with Crippen molar-refractivity contribution in [2.24, 2.45) is 13.0 Å². The van der Waals surface area contributed by atoms with Crippen LogP contribution in [0.5, 0.6) is 0 Å². The summed E-state index contributed by atoms with van der Waals surface area (Å²) in [4.78, 5) is 99.3. The number of hydrogen-bond acceptors (Lipinski definition) is 27. The van der Waals surface area contributed by atoms with Gasteiger partial charge in [-0.15, -0.1) is 0 Å². The van der Waals surface area contributed by atoms with Gasteiger partial charge in [-0.05, 0) is 6.42 Å². The lowest BCUT2D eigenvalue weighted by Gasteiger charge is -2.26. The highest BCUT2D eigenvalue weighted by molar-refractivity contribution is 7.66. The first-order valence-corrected chi connectivity index (χ1v) is 27.9. The molecular formula is C34H47F2N12O25P4+. The van der Waals surface area contributed by atoms with Gasteiger partial charge in [0.1, 0.15) is 54.6 Å². The summed E-state index contributed by atoms with van der Waals surface area (Å²) in [5, 5.41) is 32.6. The number of aromatic amines is 2. The van der Waals surface area contributed by atoms with Gasteiger partial charge in [0.25, 0.3) is 17.1 Å². The van der Waals surface area contributed by atoms with Crippen LogP contribution in [-0.2, 0) is 75.7 Å². The van der Waals surface area contributed by atoms with Crippen LogP contribution in [0.25, 0.3) is 22.3 Å². The Kier molecular flexibility index (Phi) is 17.3. The predicted octanol–water partition coefficient (Wildman–Crippen LogP) is -2.99. The van der Waals surface area contributed by atoms with E-state index in [-0.39, 0.29) is 34.1 Å². The van der Waals surface area contributed by atoms with Crippen LogP contribution in [0.2, 0.25) is 0 Å². The van der Waals surface area contributed by atoms with Crippen molar-refractivity contribution in [1.82, 2.24) is 43.6 Å². The maximum absolute atomic E-state index is 13.6. The maximum Gasteiger partial charge on any atom is 0.490 e. The summed E-state index contributed by atoms with van der Waals surface area (Å²) < 4.78 is 139. The van der Waals surface area contributed by atoms with Crippen molar-refractivity contribution in [1.29, 1.82) is 0 Å². The molecule has 426 valence electrons. The van der Waals surface area contributed by atoms with E-state index in [4.69, 9.17) is 48.5 Å². The summed E-state index contributed by atoms with van der Waals surface area (Å²) in [7, 11) is -21.2. The maximum atomic E-state index is 13.6. The molecule has 5 aromatic heterocycles. The average Bonchev–Trinajstić information content (AvgIpc) is 4.15. The summed E-state index contributed by atoms with van der Waals surface area (Å²) in [5.74, 6) is -1.73. The number of halogens is 2. The van der Waals surface area contributed by atoms with E-state index in [1.54, 1.807) is 0 Å². The van der Waals surface area contributed by atoms with Gasteiger partial charge in [0.2, 0.25) is 11.7 Å². The van der Waals surface area contributed by atoms with Crippen molar-refractivity contribution >= 4 is 65.4 Å². The Morgan fingerprint density at radius 1 is 0.805 bits per heavy atom. The van der Waals surface area contributed by atoms with E-state index in [2.05, 4.69) is 38.3 Å². The number of H-pyrrole nitrogens is 2. The fraction of sp³-hybridized carbons (Fsp3) is 0.588. The molecule has 5 aromatic rings. The number of aliphatic hydroxyl groups excluding tert-OH is 3. The Morgan fingerprint density at radius 3 is 2.12 bits per heavy atom. The van der Waals surface area contributed by atoms with E-state index in [1.165, 1.54) is 22.5 Å². The highest BCUT2D eigenvalue weighted by Gasteiger charge is 2.54. The molecule has 0 radical (unpaired) electrons. The minimum atomic E-state index is -6.27. The third kappa shape index (κ3) is 13.0. The number of fused-ring (bicyclic) bond motifs is 2. The Morgan fingerprint density at radius 2 is 1.45 bits per heavy atom. The van der Waals surface area contributed by atoms with E-state index in [9.17, 15) is 76.3 Å². The molecule has 8 heterocycles. The van der Waals surface area contributed by atoms with Crippen LogP contribution in [0.1, 0.15) is 25.1 Å². The SMILES string of the molecule is CO[C@@H]1[C@H](OP(=O)(O)OC[C@H]2O[C@@H](n3ccc(=O)[nH]c3=O)[C@H](O)[C@@H]2O)[C@@H](COP(=O)(O)OP(=O)(O)OP(=O)(O)OC[C@H]2O[C@@H]([n+]3cn(C)c4c(=O)[nH]c(N)nc43)[C@H](O)[C@@H]2CCOC(F)F)O[C@H]1n1cnc2c(N)ncnc21. The fourth-order valence-electron chi connectivity index (χ4n) is 8.52. The van der Waals surface area contributed by atoms with Crippen LogP contribution in [0.3, 0.4) is 0 Å². The summed E-state index contributed by atoms with van der Waals surface area (Å²) in [6, 6.07) is 0.912. The van der Waals surface area contributed by atoms with Gasteiger partial charge in [-0.2, -0.15) is 17.4 Å². The molecule has 3 fully saturated rings. The molecule has 4 unspecified atom stereocenters. The number of aromatic nitrogens is 10. The smallest absolute Gasteiger partial charge is 0.387 e. The molecule has 0 saturated carbocycles. The van der Waals surface area contributed by atoms with E-state index in [1.807, 2.05) is 4.98 Å². The van der Waals surface area contributed by atoms with Crippen LogP contribution in [0.4, 0.5) is 20.5 Å². The van der Waals surface area contributed by atoms with Crippen molar-refractivity contribution in [3.8, 4) is 0 Å². The van der Waals surface area contributed by atoms with Crippen LogP contribution in [0.15, 0.2) is 45.6 Å². The molecule has 0 amide bonds. The highest BCUT2D eigenvalue weighted by atomic mass is 31.3. The number of rotatable bonds is 23. The number of nitrogen functional groups attached to an aromatic ring is 2. The lowest BCUT2D eigenvalue weighted by atomic mass is 9.95. The molecular weight excluding hydrogens is 1140 g/mol. The second kappa shape index (κ2) is 22.8. The van der Waals surface area contributed by atoms with Crippen molar-refractivity contribution < 1.29 is 117 Å². The molecule has 77 heavy (non-hydrogen) atoms. The Bertz CT molecular complexity index is 3350. The second-order valence-corrected chi connectivity index (χ2v) is 22.8. The summed E-state index contributed by atoms with van der Waals surface area (Å²) in [6.07, 6.45) is -14.7. The Hall–Kier alpha value is -4.76. The monoisotopic (exact) mass is 1190 g/mol. The minimum Gasteiger partial charge on any atom is -0.387 e. The lowest BCUT2D eigenvalue weighted by Crippen LogP contribution is -2.45.